The van der Waals surface area contributed by atoms with Crippen molar-refractivity contribution in [3.8, 4) is 0 Å². The van der Waals surface area contributed by atoms with Crippen molar-refractivity contribution in [2.45, 2.75) is 64.3 Å². The van der Waals surface area contributed by atoms with Gasteiger partial charge in [-0.05, 0) is 40.5 Å². The molecule has 2 heterocycles. The van der Waals surface area contributed by atoms with E-state index in [4.69, 9.17) is 42.1 Å². The van der Waals surface area contributed by atoms with E-state index in [1.165, 1.54) is 0 Å². The van der Waals surface area contributed by atoms with E-state index in [9.17, 15) is 0 Å². The highest BCUT2D eigenvalue weighted by atomic mass is 35.5. The van der Waals surface area contributed by atoms with Crippen molar-refractivity contribution in [2.24, 2.45) is 0 Å². The van der Waals surface area contributed by atoms with Crippen molar-refractivity contribution in [1.29, 1.82) is 0 Å². The van der Waals surface area contributed by atoms with Crippen molar-refractivity contribution < 1.29 is 18.9 Å². The lowest BCUT2D eigenvalue weighted by atomic mass is 10.2. The van der Waals surface area contributed by atoms with E-state index in [0.717, 1.165) is 26.1 Å². The molecule has 0 bridgehead atoms. The van der Waals surface area contributed by atoms with Crippen LogP contribution in [0.5, 0.6) is 0 Å². The molecule has 4 atom stereocenters. The number of halogens is 2. The maximum atomic E-state index is 5.64. The normalized spacial score (nSPS) is 41.7. The van der Waals surface area contributed by atoms with Crippen LogP contribution in [-0.2, 0) is 18.9 Å². The first kappa shape index (κ1) is 18.5. The number of alkyl halides is 2. The molecule has 20 heavy (non-hydrogen) atoms. The third kappa shape index (κ3) is 6.04. The predicted octanol–water partition coefficient (Wildman–Crippen LogP) is 3.53. The van der Waals surface area contributed by atoms with Crippen LogP contribution in [0.15, 0.2) is 0 Å². The molecular formula is C14H26Cl2O4. The molecule has 2 saturated heterocycles. The van der Waals surface area contributed by atoms with Crippen molar-refractivity contribution in [3.63, 3.8) is 0 Å². The number of ether oxygens (including phenoxy) is 4. The first-order valence-corrected chi connectivity index (χ1v) is 8.15. The molecular weight excluding hydrogens is 303 g/mol. The predicted molar refractivity (Wildman–Crippen MR) is 80.5 cm³/mol. The maximum Gasteiger partial charge on any atom is 0.179 e. The zero-order chi connectivity index (χ0) is 15.2. The minimum absolute atomic E-state index is 0.275. The highest BCUT2D eigenvalue weighted by molar-refractivity contribution is 6.18. The van der Waals surface area contributed by atoms with Gasteiger partial charge < -0.3 is 18.9 Å². The Morgan fingerprint density at radius 2 is 1.20 bits per heavy atom. The summed E-state index contributed by atoms with van der Waals surface area (Å²) in [6.07, 6.45) is 2.48. The van der Waals surface area contributed by atoms with Gasteiger partial charge in [0.1, 0.15) is 0 Å². The lowest BCUT2D eigenvalue weighted by Gasteiger charge is -2.35. The second-order valence-electron chi connectivity index (χ2n) is 5.67. The second kappa shape index (κ2) is 8.16. The molecule has 0 aromatic carbocycles. The van der Waals surface area contributed by atoms with E-state index >= 15 is 0 Å². The van der Waals surface area contributed by atoms with Crippen LogP contribution in [-0.4, -0.2) is 48.8 Å². The van der Waals surface area contributed by atoms with E-state index in [2.05, 4.69) is 0 Å². The minimum atomic E-state index is -0.542. The largest absolute Gasteiger partial charge is 0.349 e. The molecule has 0 saturated carbocycles. The molecule has 2 fully saturated rings. The third-order valence-corrected chi connectivity index (χ3v) is 4.22. The summed E-state index contributed by atoms with van der Waals surface area (Å²) in [5, 5.41) is 0. The van der Waals surface area contributed by atoms with Crippen LogP contribution < -0.4 is 0 Å². The molecule has 0 radical (unpaired) electrons. The maximum absolute atomic E-state index is 5.64. The van der Waals surface area contributed by atoms with E-state index in [1.54, 1.807) is 0 Å². The first-order valence-electron chi connectivity index (χ1n) is 7.08. The lowest BCUT2D eigenvalue weighted by Crippen LogP contribution is -2.42. The van der Waals surface area contributed by atoms with E-state index < -0.39 is 11.6 Å². The number of hydrogen-bond acceptors (Lipinski definition) is 4. The molecule has 2 rings (SSSR count). The molecule has 0 aromatic rings. The molecule has 0 aliphatic carbocycles. The fraction of sp³-hybridized carbons (Fsp3) is 1.00. The smallest absolute Gasteiger partial charge is 0.179 e. The van der Waals surface area contributed by atoms with E-state index in [0.29, 0.717) is 11.8 Å². The molecule has 120 valence electrons. The Kier molecular flexibility index (Phi) is 7.53. The standard InChI is InChI=1S/2C7H13ClO2/c2*1-6-3-4-9-7(2,5-8)10-6/h2*6H,3-5H2,1-2H3. The van der Waals surface area contributed by atoms with Gasteiger partial charge >= 0.3 is 0 Å². The van der Waals surface area contributed by atoms with Gasteiger partial charge in [0.15, 0.2) is 11.6 Å². The highest BCUT2D eigenvalue weighted by Crippen LogP contribution is 2.24. The highest BCUT2D eigenvalue weighted by Gasteiger charge is 2.31. The molecule has 2 aliphatic heterocycles. The Morgan fingerprint density at radius 3 is 1.40 bits per heavy atom. The zero-order valence-corrected chi connectivity index (χ0v) is 14.3. The monoisotopic (exact) mass is 328 g/mol. The van der Waals surface area contributed by atoms with Crippen molar-refractivity contribution in [3.05, 3.63) is 0 Å². The van der Waals surface area contributed by atoms with Gasteiger partial charge in [0.05, 0.1) is 37.2 Å². The average Bonchev–Trinajstić information content (AvgIpc) is 2.39. The first-order chi connectivity index (χ1) is 9.32. The topological polar surface area (TPSA) is 36.9 Å². The van der Waals surface area contributed by atoms with Gasteiger partial charge in [-0.15, -0.1) is 23.2 Å². The Bertz CT molecular complexity index is 264. The fourth-order valence-electron chi connectivity index (χ4n) is 2.06. The van der Waals surface area contributed by atoms with Gasteiger partial charge in [-0.3, -0.25) is 0 Å². The number of rotatable bonds is 2. The lowest BCUT2D eigenvalue weighted by molar-refractivity contribution is -0.267. The van der Waals surface area contributed by atoms with Gasteiger partial charge in [0.2, 0.25) is 0 Å². The minimum Gasteiger partial charge on any atom is -0.349 e. The van der Waals surface area contributed by atoms with Gasteiger partial charge in [-0.25, -0.2) is 0 Å². The Balaban J connectivity index is 0.000000200. The van der Waals surface area contributed by atoms with Crippen LogP contribution in [0.1, 0.15) is 40.5 Å². The average molecular weight is 329 g/mol. The zero-order valence-electron chi connectivity index (χ0n) is 12.8. The van der Waals surface area contributed by atoms with Gasteiger partial charge in [-0.2, -0.15) is 0 Å². The molecule has 2 aliphatic rings. The molecule has 4 nitrogen and oxygen atoms in total. The molecule has 0 aromatic heterocycles. The Labute approximate surface area is 132 Å². The van der Waals surface area contributed by atoms with E-state index in [-0.39, 0.29) is 12.2 Å². The van der Waals surface area contributed by atoms with Crippen LogP contribution in [0.25, 0.3) is 0 Å². The SMILES string of the molecule is CC1CCOC(C)(CCl)O1.CC1CCOC(C)(CCl)O1. The van der Waals surface area contributed by atoms with Crippen LogP contribution in [0.3, 0.4) is 0 Å². The summed E-state index contributed by atoms with van der Waals surface area (Å²) in [6, 6.07) is 0. The van der Waals surface area contributed by atoms with Gasteiger partial charge in [0, 0.05) is 0 Å². The molecule has 0 amide bonds. The fourth-order valence-corrected chi connectivity index (χ4v) is 2.34. The van der Waals surface area contributed by atoms with Crippen molar-refractivity contribution in [1.82, 2.24) is 0 Å². The van der Waals surface area contributed by atoms with Gasteiger partial charge in [-0.1, -0.05) is 0 Å². The quantitative estimate of drug-likeness (QED) is 0.726. The molecule has 0 spiro atoms. The van der Waals surface area contributed by atoms with Crippen molar-refractivity contribution >= 4 is 23.2 Å². The summed E-state index contributed by atoms with van der Waals surface area (Å²) < 4.78 is 21.6. The molecule has 6 heteroatoms. The Hall–Kier alpha value is 0.420. The van der Waals surface area contributed by atoms with Crippen LogP contribution >= 0.6 is 23.2 Å². The second-order valence-corrected chi connectivity index (χ2v) is 6.20. The Morgan fingerprint density at radius 1 is 0.850 bits per heavy atom. The summed E-state index contributed by atoms with van der Waals surface area (Å²) in [6.45, 7) is 9.32. The summed E-state index contributed by atoms with van der Waals surface area (Å²) in [5.74, 6) is -0.285. The van der Waals surface area contributed by atoms with Crippen LogP contribution in [0, 0.1) is 0 Å². The molecule has 0 N–H and O–H groups in total. The summed E-state index contributed by atoms with van der Waals surface area (Å²) in [4.78, 5) is 0. The van der Waals surface area contributed by atoms with Crippen LogP contribution in [0.2, 0.25) is 0 Å². The number of hydrogen-bond donors (Lipinski definition) is 0. The summed E-state index contributed by atoms with van der Waals surface area (Å²) >= 11 is 11.3. The molecule has 4 unspecified atom stereocenters. The third-order valence-electron chi connectivity index (χ3n) is 3.25. The van der Waals surface area contributed by atoms with E-state index in [1.807, 2.05) is 27.7 Å². The van der Waals surface area contributed by atoms with Gasteiger partial charge in [0.25, 0.3) is 0 Å². The summed E-state index contributed by atoms with van der Waals surface area (Å²) in [7, 11) is 0. The van der Waals surface area contributed by atoms with Crippen molar-refractivity contribution in [2.75, 3.05) is 25.0 Å². The summed E-state index contributed by atoms with van der Waals surface area (Å²) in [5.41, 5.74) is 0. The van der Waals surface area contributed by atoms with Crippen LogP contribution in [0.4, 0.5) is 0 Å².